The number of aromatic nitrogens is 1. The van der Waals surface area contributed by atoms with E-state index in [-0.39, 0.29) is 6.04 Å². The number of rotatable bonds is 5. The molecule has 0 bridgehead atoms. The molecule has 1 aromatic heterocycles. The fourth-order valence-corrected chi connectivity index (χ4v) is 2.56. The number of halogens is 2. The number of nitrogen functional groups attached to an aromatic ring is 1. The molecule has 0 aliphatic rings. The van der Waals surface area contributed by atoms with Gasteiger partial charge in [-0.05, 0) is 52.7 Å². The van der Waals surface area contributed by atoms with Crippen molar-refractivity contribution in [1.82, 2.24) is 10.3 Å². The first-order valence-electron chi connectivity index (χ1n) is 6.51. The van der Waals surface area contributed by atoms with Gasteiger partial charge in [0.25, 0.3) is 0 Å². The lowest BCUT2D eigenvalue weighted by Crippen LogP contribution is -2.24. The second-order valence-corrected chi connectivity index (χ2v) is 5.83. The molecule has 0 aliphatic heterocycles. The van der Waals surface area contributed by atoms with Gasteiger partial charge in [0.2, 0.25) is 0 Å². The highest BCUT2D eigenvalue weighted by Crippen LogP contribution is 2.31. The Balaban J connectivity index is 2.41. The Morgan fingerprint density at radius 2 is 2.20 bits per heavy atom. The molecule has 1 heterocycles. The number of hydrogen-bond donors (Lipinski definition) is 2. The lowest BCUT2D eigenvalue weighted by Gasteiger charge is -2.21. The van der Waals surface area contributed by atoms with Crippen molar-refractivity contribution >= 4 is 33.2 Å². The second-order valence-electron chi connectivity index (χ2n) is 4.57. The van der Waals surface area contributed by atoms with Crippen LogP contribution < -0.4 is 11.1 Å². The standard InChI is InChI=1S/C15H17BrClN3/c1-2-6-20-15(11-9-19-7-5-14(11)18)10-3-4-13(17)12(16)8-10/h3-5,7-9,15,20H,2,6H2,1H3,(H2,18,19). The van der Waals surface area contributed by atoms with E-state index >= 15 is 0 Å². The van der Waals surface area contributed by atoms with Crippen LogP contribution in [0.25, 0.3) is 0 Å². The molecule has 106 valence electrons. The molecule has 3 N–H and O–H groups in total. The SMILES string of the molecule is CCCNC(c1ccc(Cl)c(Br)c1)c1cnccc1N. The number of nitrogens with two attached hydrogens (primary N) is 1. The Kier molecular flexibility index (Phi) is 5.40. The first-order chi connectivity index (χ1) is 9.63. The lowest BCUT2D eigenvalue weighted by atomic mass is 9.99. The van der Waals surface area contributed by atoms with Gasteiger partial charge in [-0.3, -0.25) is 4.98 Å². The van der Waals surface area contributed by atoms with Crippen LogP contribution in [-0.4, -0.2) is 11.5 Å². The maximum absolute atomic E-state index is 6.08. The zero-order valence-corrected chi connectivity index (χ0v) is 13.6. The van der Waals surface area contributed by atoms with E-state index in [9.17, 15) is 0 Å². The molecule has 0 saturated carbocycles. The van der Waals surface area contributed by atoms with Crippen molar-refractivity contribution < 1.29 is 0 Å². The van der Waals surface area contributed by atoms with Gasteiger partial charge in [0.15, 0.2) is 0 Å². The van der Waals surface area contributed by atoms with Crippen molar-refractivity contribution in [1.29, 1.82) is 0 Å². The molecule has 1 aromatic carbocycles. The molecule has 2 aromatic rings. The third-order valence-corrected chi connectivity index (χ3v) is 4.29. The van der Waals surface area contributed by atoms with Crippen molar-refractivity contribution in [3.05, 3.63) is 57.3 Å². The first-order valence-corrected chi connectivity index (χ1v) is 7.68. The highest BCUT2D eigenvalue weighted by atomic mass is 79.9. The normalized spacial score (nSPS) is 12.3. The molecule has 1 atom stereocenters. The van der Waals surface area contributed by atoms with E-state index in [4.69, 9.17) is 17.3 Å². The maximum atomic E-state index is 6.08. The van der Waals surface area contributed by atoms with Gasteiger partial charge in [-0.2, -0.15) is 0 Å². The Hall–Kier alpha value is -1.10. The van der Waals surface area contributed by atoms with E-state index in [0.717, 1.165) is 34.3 Å². The van der Waals surface area contributed by atoms with Crippen LogP contribution in [-0.2, 0) is 0 Å². The number of benzene rings is 1. The zero-order chi connectivity index (χ0) is 14.5. The largest absolute Gasteiger partial charge is 0.398 e. The minimum Gasteiger partial charge on any atom is -0.398 e. The summed E-state index contributed by atoms with van der Waals surface area (Å²) in [4.78, 5) is 4.18. The molecule has 0 amide bonds. The Morgan fingerprint density at radius 3 is 2.85 bits per heavy atom. The van der Waals surface area contributed by atoms with E-state index in [1.807, 2.05) is 30.5 Å². The van der Waals surface area contributed by atoms with Crippen molar-refractivity contribution in [3.63, 3.8) is 0 Å². The molecule has 20 heavy (non-hydrogen) atoms. The first kappa shape index (κ1) is 15.3. The molecular weight excluding hydrogens is 338 g/mol. The van der Waals surface area contributed by atoms with E-state index in [0.29, 0.717) is 5.02 Å². The third kappa shape index (κ3) is 3.51. The molecule has 5 heteroatoms. The van der Waals surface area contributed by atoms with E-state index in [2.05, 4.69) is 33.2 Å². The van der Waals surface area contributed by atoms with Gasteiger partial charge in [-0.25, -0.2) is 0 Å². The van der Waals surface area contributed by atoms with Gasteiger partial charge < -0.3 is 11.1 Å². The van der Waals surface area contributed by atoms with Gasteiger partial charge in [0.1, 0.15) is 0 Å². The number of nitrogens with one attached hydrogen (secondary N) is 1. The average Bonchev–Trinajstić information content (AvgIpc) is 2.44. The molecule has 3 nitrogen and oxygen atoms in total. The summed E-state index contributed by atoms with van der Waals surface area (Å²) in [5.41, 5.74) is 8.90. The number of hydrogen-bond acceptors (Lipinski definition) is 3. The van der Waals surface area contributed by atoms with Crippen LogP contribution in [0, 0.1) is 0 Å². The van der Waals surface area contributed by atoms with Crippen molar-refractivity contribution in [2.45, 2.75) is 19.4 Å². The smallest absolute Gasteiger partial charge is 0.0612 e. The maximum Gasteiger partial charge on any atom is 0.0612 e. The summed E-state index contributed by atoms with van der Waals surface area (Å²) >= 11 is 9.53. The van der Waals surface area contributed by atoms with Crippen molar-refractivity contribution in [2.24, 2.45) is 0 Å². The highest BCUT2D eigenvalue weighted by Gasteiger charge is 2.17. The second kappa shape index (κ2) is 7.07. The number of nitrogens with zero attached hydrogens (tertiary/aromatic N) is 1. The summed E-state index contributed by atoms with van der Waals surface area (Å²) in [6, 6.07) is 7.74. The summed E-state index contributed by atoms with van der Waals surface area (Å²) in [6.45, 7) is 3.04. The fourth-order valence-electron chi connectivity index (χ4n) is 2.05. The summed E-state index contributed by atoms with van der Waals surface area (Å²) < 4.78 is 0.877. The van der Waals surface area contributed by atoms with E-state index < -0.39 is 0 Å². The molecular formula is C15H17BrClN3. The molecule has 0 radical (unpaired) electrons. The average molecular weight is 355 g/mol. The van der Waals surface area contributed by atoms with Crippen LogP contribution in [0.1, 0.15) is 30.5 Å². The summed E-state index contributed by atoms with van der Waals surface area (Å²) in [6.07, 6.45) is 4.56. The highest BCUT2D eigenvalue weighted by molar-refractivity contribution is 9.10. The number of pyridine rings is 1. The zero-order valence-electron chi connectivity index (χ0n) is 11.2. The fraction of sp³-hybridized carbons (Fsp3) is 0.267. The molecule has 1 unspecified atom stereocenters. The van der Waals surface area contributed by atoms with Crippen LogP contribution in [0.2, 0.25) is 5.02 Å². The predicted octanol–water partition coefficient (Wildman–Crippen LogP) is 4.17. The van der Waals surface area contributed by atoms with Gasteiger partial charge >= 0.3 is 0 Å². The molecule has 0 spiro atoms. The van der Waals surface area contributed by atoms with Crippen LogP contribution in [0.5, 0.6) is 0 Å². The molecule has 0 saturated heterocycles. The van der Waals surface area contributed by atoms with Gasteiger partial charge in [-0.1, -0.05) is 24.6 Å². The molecule has 2 rings (SSSR count). The quantitative estimate of drug-likeness (QED) is 0.847. The summed E-state index contributed by atoms with van der Waals surface area (Å²) in [5, 5.41) is 4.20. The van der Waals surface area contributed by atoms with Crippen LogP contribution >= 0.6 is 27.5 Å². The van der Waals surface area contributed by atoms with Gasteiger partial charge in [0, 0.05) is 28.1 Å². The van der Waals surface area contributed by atoms with Crippen LogP contribution in [0.3, 0.4) is 0 Å². The molecule has 0 fully saturated rings. The van der Waals surface area contributed by atoms with Crippen molar-refractivity contribution in [3.8, 4) is 0 Å². The van der Waals surface area contributed by atoms with E-state index in [1.165, 1.54) is 0 Å². The minimum absolute atomic E-state index is 0.0113. The molecule has 0 aliphatic carbocycles. The van der Waals surface area contributed by atoms with Gasteiger partial charge in [-0.15, -0.1) is 0 Å². The topological polar surface area (TPSA) is 50.9 Å². The van der Waals surface area contributed by atoms with Crippen LogP contribution in [0.15, 0.2) is 41.1 Å². The van der Waals surface area contributed by atoms with Crippen molar-refractivity contribution in [2.75, 3.05) is 12.3 Å². The Bertz CT molecular complexity index is 589. The Labute approximate surface area is 132 Å². The van der Waals surface area contributed by atoms with E-state index in [1.54, 1.807) is 6.20 Å². The minimum atomic E-state index is 0.0113. The summed E-state index contributed by atoms with van der Waals surface area (Å²) in [7, 11) is 0. The summed E-state index contributed by atoms with van der Waals surface area (Å²) in [5.74, 6) is 0. The predicted molar refractivity (Wildman–Crippen MR) is 87.9 cm³/mol. The lowest BCUT2D eigenvalue weighted by molar-refractivity contribution is 0.598. The Morgan fingerprint density at radius 1 is 1.40 bits per heavy atom. The monoisotopic (exact) mass is 353 g/mol. The van der Waals surface area contributed by atoms with Gasteiger partial charge in [0.05, 0.1) is 11.1 Å². The third-order valence-electron chi connectivity index (χ3n) is 3.07. The van der Waals surface area contributed by atoms with Crippen LogP contribution in [0.4, 0.5) is 5.69 Å². The number of anilines is 1.